The number of rotatable bonds is 8. The molecule has 0 amide bonds. The molecule has 1 aliphatic carbocycles. The van der Waals surface area contributed by atoms with E-state index in [0.717, 1.165) is 17.1 Å². The van der Waals surface area contributed by atoms with Crippen molar-refractivity contribution < 1.29 is 0 Å². The maximum atomic E-state index is 2.55. The van der Waals surface area contributed by atoms with Gasteiger partial charge in [-0.1, -0.05) is 237 Å². The molecular weight excluding hydrogens is 771 g/mol. The van der Waals surface area contributed by atoms with Gasteiger partial charge in [0.05, 0.1) is 11.1 Å². The third kappa shape index (κ3) is 5.93. The van der Waals surface area contributed by atoms with Crippen LogP contribution in [0.3, 0.4) is 0 Å². The summed E-state index contributed by atoms with van der Waals surface area (Å²) >= 11 is 0. The quantitative estimate of drug-likeness (QED) is 0.138. The molecule has 1 heteroatoms. The minimum absolute atomic E-state index is 0.500. The van der Waals surface area contributed by atoms with Crippen LogP contribution in [0.25, 0.3) is 66.1 Å². The van der Waals surface area contributed by atoms with E-state index < -0.39 is 5.41 Å². The van der Waals surface area contributed by atoms with Crippen molar-refractivity contribution in [2.45, 2.75) is 5.41 Å². The van der Waals surface area contributed by atoms with E-state index in [2.05, 4.69) is 266 Å². The van der Waals surface area contributed by atoms with E-state index in [1.165, 1.54) is 88.3 Å². The van der Waals surface area contributed by atoms with Crippen LogP contribution in [0.5, 0.6) is 0 Å². The fraction of sp³-hybridized carbons (Fsp3) is 0.0159. The molecule has 64 heavy (non-hydrogen) atoms. The Kier molecular flexibility index (Phi) is 9.13. The molecule has 12 rings (SSSR count). The lowest BCUT2D eigenvalue weighted by molar-refractivity contribution is 0.768. The molecule has 0 unspecified atom stereocenters. The van der Waals surface area contributed by atoms with Gasteiger partial charge in [-0.3, -0.25) is 0 Å². The van der Waals surface area contributed by atoms with Crippen LogP contribution in [-0.2, 0) is 5.41 Å². The molecule has 11 aromatic rings. The minimum Gasteiger partial charge on any atom is -0.309 e. The van der Waals surface area contributed by atoms with Gasteiger partial charge in [-0.25, -0.2) is 0 Å². The molecule has 0 aliphatic heterocycles. The number of fused-ring (bicyclic) bond motifs is 6. The number of anilines is 3. The third-order valence-corrected chi connectivity index (χ3v) is 13.3. The molecule has 0 atom stereocenters. The topological polar surface area (TPSA) is 3.24 Å². The Morgan fingerprint density at radius 2 is 0.688 bits per heavy atom. The van der Waals surface area contributed by atoms with Crippen molar-refractivity contribution in [2.75, 3.05) is 4.90 Å². The first kappa shape index (κ1) is 37.5. The molecule has 0 radical (unpaired) electrons. The summed E-state index contributed by atoms with van der Waals surface area (Å²) in [5, 5.41) is 4.87. The van der Waals surface area contributed by atoms with Crippen LogP contribution in [0.2, 0.25) is 0 Å². The van der Waals surface area contributed by atoms with Gasteiger partial charge in [-0.2, -0.15) is 0 Å². The summed E-state index contributed by atoms with van der Waals surface area (Å²) in [6.07, 6.45) is 0. The molecule has 0 fully saturated rings. The Bertz CT molecular complexity index is 3430. The molecule has 1 nitrogen and oxygen atoms in total. The van der Waals surface area contributed by atoms with Crippen LogP contribution in [0.4, 0.5) is 17.1 Å². The Balaban J connectivity index is 1.21. The van der Waals surface area contributed by atoms with E-state index in [1.54, 1.807) is 0 Å². The maximum Gasteiger partial charge on any atom is 0.0713 e. The van der Waals surface area contributed by atoms with Crippen molar-refractivity contribution >= 4 is 38.6 Å². The standard InChI is InChI=1S/C63H43N/c1-6-22-44(23-7-1)51-40-38-49(42-57(51)45-24-8-2-9-25-45)64(62-56-36-19-17-33-53(56)52-32-16-18-35-55(52)61(62)46-26-10-3-11-27-46)50-39-41-60-58(43-50)54-34-20-21-37-59(54)63(60,47-28-12-4-13-29-47)48-30-14-5-15-31-48/h1-43H. The molecule has 0 saturated carbocycles. The van der Waals surface area contributed by atoms with Gasteiger partial charge in [-0.05, 0) is 102 Å². The highest BCUT2D eigenvalue weighted by atomic mass is 15.1. The van der Waals surface area contributed by atoms with E-state index in [-0.39, 0.29) is 0 Å². The maximum absolute atomic E-state index is 2.55. The average molecular weight is 814 g/mol. The summed E-state index contributed by atoms with van der Waals surface area (Å²) in [6.45, 7) is 0. The lowest BCUT2D eigenvalue weighted by atomic mass is 9.68. The SMILES string of the molecule is c1ccc(-c2ccc(N(c3ccc4c(c3)-c3ccccc3C4(c3ccccc3)c3ccccc3)c3c(-c4ccccc4)c4ccccc4c4ccccc34)cc2-c2ccccc2)cc1. The normalized spacial score (nSPS) is 12.5. The van der Waals surface area contributed by atoms with Gasteiger partial charge < -0.3 is 4.90 Å². The van der Waals surface area contributed by atoms with Gasteiger partial charge in [-0.15, -0.1) is 0 Å². The summed E-state index contributed by atoms with van der Waals surface area (Å²) in [6, 6.07) is 96.0. The van der Waals surface area contributed by atoms with Crippen LogP contribution < -0.4 is 4.90 Å². The summed E-state index contributed by atoms with van der Waals surface area (Å²) in [4.78, 5) is 2.55. The number of nitrogens with zero attached hydrogens (tertiary/aromatic N) is 1. The fourth-order valence-corrected chi connectivity index (χ4v) is 10.6. The molecule has 0 heterocycles. The van der Waals surface area contributed by atoms with Crippen molar-refractivity contribution in [1.82, 2.24) is 0 Å². The van der Waals surface area contributed by atoms with Gasteiger partial charge >= 0.3 is 0 Å². The van der Waals surface area contributed by atoms with Gasteiger partial charge in [0.15, 0.2) is 0 Å². The lowest BCUT2D eigenvalue weighted by Crippen LogP contribution is -2.28. The zero-order valence-electron chi connectivity index (χ0n) is 35.3. The first-order chi connectivity index (χ1) is 31.8. The molecular formula is C63H43N. The van der Waals surface area contributed by atoms with E-state index in [4.69, 9.17) is 0 Å². The van der Waals surface area contributed by atoms with Gasteiger partial charge in [0, 0.05) is 22.3 Å². The molecule has 0 spiro atoms. The van der Waals surface area contributed by atoms with Crippen molar-refractivity contribution in [3.63, 3.8) is 0 Å². The highest BCUT2D eigenvalue weighted by Gasteiger charge is 2.46. The molecule has 11 aromatic carbocycles. The second-order valence-corrected chi connectivity index (χ2v) is 16.7. The van der Waals surface area contributed by atoms with Crippen molar-refractivity contribution in [3.8, 4) is 44.5 Å². The Morgan fingerprint density at radius 1 is 0.266 bits per heavy atom. The van der Waals surface area contributed by atoms with Gasteiger partial charge in [0.2, 0.25) is 0 Å². The molecule has 0 aromatic heterocycles. The summed E-state index contributed by atoms with van der Waals surface area (Å²) in [5.41, 5.74) is 17.5. The van der Waals surface area contributed by atoms with Gasteiger partial charge in [0.25, 0.3) is 0 Å². The van der Waals surface area contributed by atoms with Gasteiger partial charge in [0.1, 0.15) is 0 Å². The van der Waals surface area contributed by atoms with E-state index in [9.17, 15) is 0 Å². The van der Waals surface area contributed by atoms with Crippen molar-refractivity contribution in [2.24, 2.45) is 0 Å². The van der Waals surface area contributed by atoms with E-state index >= 15 is 0 Å². The van der Waals surface area contributed by atoms with Crippen LogP contribution in [0.15, 0.2) is 261 Å². The lowest BCUT2D eigenvalue weighted by Gasteiger charge is -2.34. The second kappa shape index (κ2) is 15.6. The Labute approximate surface area is 374 Å². The molecule has 300 valence electrons. The van der Waals surface area contributed by atoms with E-state index in [0.29, 0.717) is 0 Å². The van der Waals surface area contributed by atoms with Crippen molar-refractivity contribution in [1.29, 1.82) is 0 Å². The molecule has 1 aliphatic rings. The first-order valence-corrected chi connectivity index (χ1v) is 22.2. The number of hydrogen-bond acceptors (Lipinski definition) is 1. The van der Waals surface area contributed by atoms with E-state index in [1.807, 2.05) is 0 Å². The fourth-order valence-electron chi connectivity index (χ4n) is 10.6. The molecule has 0 bridgehead atoms. The van der Waals surface area contributed by atoms with Crippen LogP contribution >= 0.6 is 0 Å². The Morgan fingerprint density at radius 3 is 1.30 bits per heavy atom. The summed E-state index contributed by atoms with van der Waals surface area (Å²) in [7, 11) is 0. The first-order valence-electron chi connectivity index (χ1n) is 22.2. The zero-order chi connectivity index (χ0) is 42.5. The highest BCUT2D eigenvalue weighted by molar-refractivity contribution is 6.22. The average Bonchev–Trinajstić information content (AvgIpc) is 3.68. The van der Waals surface area contributed by atoms with Crippen LogP contribution in [-0.4, -0.2) is 0 Å². The van der Waals surface area contributed by atoms with Crippen molar-refractivity contribution in [3.05, 3.63) is 283 Å². The Hall–Kier alpha value is -8.26. The smallest absolute Gasteiger partial charge is 0.0713 e. The highest BCUT2D eigenvalue weighted by Crippen LogP contribution is 2.58. The predicted molar refractivity (Wildman–Crippen MR) is 270 cm³/mol. The summed E-state index contributed by atoms with van der Waals surface area (Å²) in [5.74, 6) is 0. The van der Waals surface area contributed by atoms with Crippen LogP contribution in [0.1, 0.15) is 22.3 Å². The monoisotopic (exact) mass is 813 g/mol. The predicted octanol–water partition coefficient (Wildman–Crippen LogP) is 16.8. The number of hydrogen-bond donors (Lipinski definition) is 0. The second-order valence-electron chi connectivity index (χ2n) is 16.7. The molecule has 0 saturated heterocycles. The largest absolute Gasteiger partial charge is 0.309 e. The molecule has 0 N–H and O–H groups in total. The summed E-state index contributed by atoms with van der Waals surface area (Å²) < 4.78 is 0. The zero-order valence-corrected chi connectivity index (χ0v) is 35.3. The van der Waals surface area contributed by atoms with Crippen LogP contribution in [0, 0.1) is 0 Å². The minimum atomic E-state index is -0.500. The third-order valence-electron chi connectivity index (χ3n) is 13.3. The number of benzene rings is 11.